The van der Waals surface area contributed by atoms with Crippen LogP contribution in [-0.2, 0) is 4.79 Å². The number of carboxylic acids is 1. The van der Waals surface area contributed by atoms with Crippen molar-refractivity contribution in [3.63, 3.8) is 0 Å². The second-order valence-corrected chi connectivity index (χ2v) is 11.5. The van der Waals surface area contributed by atoms with Gasteiger partial charge in [0.05, 0.1) is 5.84 Å². The fourth-order valence-corrected chi connectivity index (χ4v) is 5.23. The minimum absolute atomic E-state index is 0.538. The van der Waals surface area contributed by atoms with E-state index in [1.807, 2.05) is 0 Å². The summed E-state index contributed by atoms with van der Waals surface area (Å²) in [7, 11) is 0. The number of thioether (sulfide) groups is 1. The van der Waals surface area contributed by atoms with Crippen LogP contribution in [0, 0.1) is 17.8 Å². The van der Waals surface area contributed by atoms with Gasteiger partial charge < -0.3 is 10.4 Å². The van der Waals surface area contributed by atoms with E-state index >= 15 is 0 Å². The molecule has 0 bridgehead atoms. The molecular formula is C27H50N2O2S. The van der Waals surface area contributed by atoms with E-state index in [2.05, 4.69) is 51.0 Å². The molecule has 3 atom stereocenters. The average molecular weight is 467 g/mol. The Balaban J connectivity index is 2.09. The molecule has 0 fully saturated rings. The lowest BCUT2D eigenvalue weighted by atomic mass is 9.91. The molecule has 0 aromatic heterocycles. The van der Waals surface area contributed by atoms with Gasteiger partial charge in [0.1, 0.15) is 6.04 Å². The Morgan fingerprint density at radius 3 is 2.25 bits per heavy atom. The van der Waals surface area contributed by atoms with E-state index in [9.17, 15) is 9.90 Å². The molecule has 5 heteroatoms. The lowest BCUT2D eigenvalue weighted by Gasteiger charge is -2.15. The van der Waals surface area contributed by atoms with Gasteiger partial charge in [-0.05, 0) is 43.9 Å². The van der Waals surface area contributed by atoms with Crippen LogP contribution < -0.4 is 5.32 Å². The fourth-order valence-electron chi connectivity index (χ4n) is 4.23. The van der Waals surface area contributed by atoms with E-state index in [1.165, 1.54) is 56.9 Å². The number of allylic oxidation sites excluding steroid dienone is 1. The molecule has 0 aromatic rings. The van der Waals surface area contributed by atoms with Crippen molar-refractivity contribution >= 4 is 23.6 Å². The SMILES string of the molecule is C/C(=C\CSCC(NC1=NCCC1)C(=O)O)CCCC(C)CCCC(C)CCCC(C)C. The molecule has 186 valence electrons. The smallest absolute Gasteiger partial charge is 0.327 e. The summed E-state index contributed by atoms with van der Waals surface area (Å²) in [6.07, 6.45) is 16.2. The normalized spacial score (nSPS) is 17.3. The van der Waals surface area contributed by atoms with E-state index in [-0.39, 0.29) is 0 Å². The number of carboxylic acid groups (broad SMARTS) is 1. The lowest BCUT2D eigenvalue weighted by Crippen LogP contribution is -2.42. The Bertz CT molecular complexity index is 574. The zero-order valence-electron chi connectivity index (χ0n) is 21.5. The summed E-state index contributed by atoms with van der Waals surface area (Å²) in [4.78, 5) is 15.8. The van der Waals surface area contributed by atoms with Crippen LogP contribution in [0.15, 0.2) is 16.6 Å². The third kappa shape index (κ3) is 15.0. The zero-order chi connectivity index (χ0) is 23.8. The van der Waals surface area contributed by atoms with Crippen LogP contribution in [0.2, 0.25) is 0 Å². The van der Waals surface area contributed by atoms with Crippen LogP contribution in [0.5, 0.6) is 0 Å². The monoisotopic (exact) mass is 466 g/mol. The Hall–Kier alpha value is -0.970. The van der Waals surface area contributed by atoms with Gasteiger partial charge in [0, 0.05) is 24.5 Å². The average Bonchev–Trinajstić information content (AvgIpc) is 3.23. The Morgan fingerprint density at radius 1 is 1.06 bits per heavy atom. The summed E-state index contributed by atoms with van der Waals surface area (Å²) in [6, 6.07) is -0.538. The number of aliphatic imine (C=N–C) groups is 1. The van der Waals surface area contributed by atoms with E-state index < -0.39 is 12.0 Å². The molecule has 2 N–H and O–H groups in total. The number of hydrogen-bond donors (Lipinski definition) is 2. The van der Waals surface area contributed by atoms with Crippen molar-refractivity contribution in [3.05, 3.63) is 11.6 Å². The molecule has 0 spiro atoms. The molecule has 1 heterocycles. The minimum Gasteiger partial charge on any atom is -0.480 e. The van der Waals surface area contributed by atoms with E-state index in [0.29, 0.717) is 5.75 Å². The number of amidine groups is 1. The van der Waals surface area contributed by atoms with Crippen molar-refractivity contribution in [2.45, 2.75) is 111 Å². The largest absolute Gasteiger partial charge is 0.480 e. The summed E-state index contributed by atoms with van der Waals surface area (Å²) >= 11 is 1.69. The molecule has 0 saturated heterocycles. The van der Waals surface area contributed by atoms with E-state index in [0.717, 1.165) is 55.1 Å². The number of carbonyl (C=O) groups is 1. The highest BCUT2D eigenvalue weighted by Gasteiger charge is 2.19. The van der Waals surface area contributed by atoms with Crippen molar-refractivity contribution < 1.29 is 9.90 Å². The van der Waals surface area contributed by atoms with Crippen LogP contribution in [0.25, 0.3) is 0 Å². The number of nitrogens with one attached hydrogen (secondary N) is 1. The van der Waals surface area contributed by atoms with Crippen molar-refractivity contribution in [2.75, 3.05) is 18.1 Å². The topological polar surface area (TPSA) is 61.7 Å². The van der Waals surface area contributed by atoms with Crippen molar-refractivity contribution in [2.24, 2.45) is 22.7 Å². The molecule has 1 rings (SSSR count). The van der Waals surface area contributed by atoms with Gasteiger partial charge in [-0.25, -0.2) is 4.79 Å². The summed E-state index contributed by atoms with van der Waals surface area (Å²) < 4.78 is 0. The molecule has 0 aromatic carbocycles. The number of hydrogen-bond acceptors (Lipinski definition) is 4. The van der Waals surface area contributed by atoms with Gasteiger partial charge in [0.25, 0.3) is 0 Å². The van der Waals surface area contributed by atoms with Gasteiger partial charge >= 0.3 is 5.97 Å². The summed E-state index contributed by atoms with van der Waals surface area (Å²) in [5.41, 5.74) is 1.43. The van der Waals surface area contributed by atoms with E-state index in [4.69, 9.17) is 0 Å². The van der Waals surface area contributed by atoms with Crippen LogP contribution in [-0.4, -0.2) is 41.0 Å². The maximum atomic E-state index is 11.5. The highest BCUT2D eigenvalue weighted by molar-refractivity contribution is 7.99. The summed E-state index contributed by atoms with van der Waals surface area (Å²) in [5.74, 6) is 4.07. The van der Waals surface area contributed by atoms with Gasteiger partial charge in [-0.15, -0.1) is 0 Å². The molecule has 3 unspecified atom stereocenters. The van der Waals surface area contributed by atoms with Gasteiger partial charge in [0.2, 0.25) is 0 Å². The minimum atomic E-state index is -0.785. The molecule has 1 aliphatic rings. The van der Waals surface area contributed by atoms with Crippen molar-refractivity contribution in [1.82, 2.24) is 5.32 Å². The van der Waals surface area contributed by atoms with Gasteiger partial charge in [-0.1, -0.05) is 84.3 Å². The lowest BCUT2D eigenvalue weighted by molar-refractivity contribution is -0.138. The maximum Gasteiger partial charge on any atom is 0.327 e. The highest BCUT2D eigenvalue weighted by atomic mass is 32.2. The van der Waals surface area contributed by atoms with Gasteiger partial charge in [-0.3, -0.25) is 4.99 Å². The summed E-state index contributed by atoms with van der Waals surface area (Å²) in [6.45, 7) is 12.5. The molecule has 32 heavy (non-hydrogen) atoms. The first-order valence-electron chi connectivity index (χ1n) is 13.0. The molecule has 0 radical (unpaired) electrons. The molecule has 0 amide bonds. The highest BCUT2D eigenvalue weighted by Crippen LogP contribution is 2.22. The Kier molecular flexibility index (Phi) is 15.9. The predicted molar refractivity (Wildman–Crippen MR) is 142 cm³/mol. The van der Waals surface area contributed by atoms with Crippen molar-refractivity contribution in [1.29, 1.82) is 0 Å². The predicted octanol–water partition coefficient (Wildman–Crippen LogP) is 7.34. The van der Waals surface area contributed by atoms with Crippen LogP contribution in [0.3, 0.4) is 0 Å². The van der Waals surface area contributed by atoms with Gasteiger partial charge in [0.15, 0.2) is 0 Å². The summed E-state index contributed by atoms with van der Waals surface area (Å²) in [5, 5.41) is 12.5. The Labute approximate surface area is 202 Å². The van der Waals surface area contributed by atoms with Crippen LogP contribution in [0.4, 0.5) is 0 Å². The Morgan fingerprint density at radius 2 is 1.69 bits per heavy atom. The number of rotatable bonds is 18. The molecular weight excluding hydrogens is 416 g/mol. The number of nitrogens with zero attached hydrogens (tertiary/aromatic N) is 1. The quantitative estimate of drug-likeness (QED) is 0.164. The third-order valence-corrected chi connectivity index (χ3v) is 7.46. The third-order valence-electron chi connectivity index (χ3n) is 6.49. The second-order valence-electron chi connectivity index (χ2n) is 10.4. The molecule has 1 aliphatic heterocycles. The second kappa shape index (κ2) is 17.5. The van der Waals surface area contributed by atoms with Crippen molar-refractivity contribution in [3.8, 4) is 0 Å². The van der Waals surface area contributed by atoms with E-state index in [1.54, 1.807) is 11.8 Å². The standard InChI is InChI=1S/C27H50N2O2S/c1-21(2)10-6-11-22(3)12-7-13-23(4)14-8-15-24(5)17-19-32-20-25(27(30)31)29-26-16-9-18-28-26/h17,21-23,25H,6-16,18-20H2,1-5H3,(H,28,29)(H,30,31)/b24-17+. The molecule has 0 aliphatic carbocycles. The van der Waals surface area contributed by atoms with Crippen LogP contribution in [0.1, 0.15) is 105 Å². The molecule has 4 nitrogen and oxygen atoms in total. The molecule has 0 saturated carbocycles. The first-order valence-corrected chi connectivity index (χ1v) is 14.2. The fraction of sp³-hybridized carbons (Fsp3) is 0.852. The van der Waals surface area contributed by atoms with Gasteiger partial charge in [-0.2, -0.15) is 11.8 Å². The zero-order valence-corrected chi connectivity index (χ0v) is 22.3. The number of aliphatic carboxylic acids is 1. The first kappa shape index (κ1) is 29.1. The maximum absolute atomic E-state index is 11.5. The first-order chi connectivity index (χ1) is 15.3. The van der Waals surface area contributed by atoms with Crippen LogP contribution >= 0.6 is 11.8 Å².